The van der Waals surface area contributed by atoms with E-state index >= 15 is 0 Å². The molecule has 0 radical (unpaired) electrons. The molecule has 0 aromatic carbocycles. The van der Waals surface area contributed by atoms with Gasteiger partial charge in [-0.05, 0) is 94.8 Å². The van der Waals surface area contributed by atoms with E-state index in [0.717, 1.165) is 32.1 Å². The van der Waals surface area contributed by atoms with E-state index in [4.69, 9.17) is 0 Å². The van der Waals surface area contributed by atoms with Crippen LogP contribution in [0.25, 0.3) is 0 Å². The summed E-state index contributed by atoms with van der Waals surface area (Å²) in [6.07, 6.45) is 16.2. The first-order valence-corrected chi connectivity index (χ1v) is 13.7. The highest BCUT2D eigenvalue weighted by Crippen LogP contribution is 2.33. The van der Waals surface area contributed by atoms with E-state index in [0.29, 0.717) is 29.6 Å². The molecular formula is C34H58. The second kappa shape index (κ2) is 16.2. The van der Waals surface area contributed by atoms with Crippen LogP contribution in [0.4, 0.5) is 0 Å². The maximum atomic E-state index is 4.39. The molecule has 0 aromatic heterocycles. The predicted octanol–water partition coefficient (Wildman–Crippen LogP) is 11.3. The number of hydrogen-bond donors (Lipinski definition) is 0. The second-order valence-electron chi connectivity index (χ2n) is 11.9. The number of rotatable bonds is 19. The highest BCUT2D eigenvalue weighted by atomic mass is 14.2. The smallest absolute Gasteiger partial charge is 0.00303 e. The van der Waals surface area contributed by atoms with Gasteiger partial charge in [0.15, 0.2) is 0 Å². The Morgan fingerprint density at radius 3 is 1.53 bits per heavy atom. The third-order valence-electron chi connectivity index (χ3n) is 8.32. The topological polar surface area (TPSA) is 0 Å². The van der Waals surface area contributed by atoms with E-state index < -0.39 is 0 Å². The fraction of sp³-hybridized carbons (Fsp3) is 0.647. The van der Waals surface area contributed by atoms with Gasteiger partial charge in [-0.25, -0.2) is 0 Å². The zero-order valence-corrected chi connectivity index (χ0v) is 24.3. The molecule has 0 heteroatoms. The van der Waals surface area contributed by atoms with Crippen molar-refractivity contribution < 1.29 is 0 Å². The molecular weight excluding hydrogens is 408 g/mol. The molecule has 0 aromatic rings. The lowest BCUT2D eigenvalue weighted by atomic mass is 9.79. The minimum Gasteiger partial charge on any atom is -0.102 e. The van der Waals surface area contributed by atoms with Gasteiger partial charge in [-0.2, -0.15) is 0 Å². The summed E-state index contributed by atoms with van der Waals surface area (Å²) in [7, 11) is 0. The van der Waals surface area contributed by atoms with Gasteiger partial charge in [-0.1, -0.05) is 108 Å². The Bertz CT molecular complexity index is 702. The fourth-order valence-corrected chi connectivity index (χ4v) is 3.97. The Hall–Kier alpha value is -1.56. The molecule has 0 saturated heterocycles. The summed E-state index contributed by atoms with van der Waals surface area (Å²) < 4.78 is 0. The summed E-state index contributed by atoms with van der Waals surface area (Å²) in [5.74, 6) is 2.86. The van der Waals surface area contributed by atoms with Crippen molar-refractivity contribution in [3.8, 4) is 0 Å². The maximum absolute atomic E-state index is 4.39. The third kappa shape index (κ3) is 13.4. The quantitative estimate of drug-likeness (QED) is 0.166. The summed E-state index contributed by atoms with van der Waals surface area (Å²) in [4.78, 5) is 0. The van der Waals surface area contributed by atoms with Crippen molar-refractivity contribution in [2.24, 2.45) is 35.0 Å². The molecule has 0 unspecified atom stereocenters. The summed E-state index contributed by atoms with van der Waals surface area (Å²) in [6, 6.07) is 0. The van der Waals surface area contributed by atoms with Crippen LogP contribution in [0.5, 0.6) is 0 Å². The van der Waals surface area contributed by atoms with Crippen molar-refractivity contribution in [1.29, 1.82) is 0 Å². The number of hydrogen-bond acceptors (Lipinski definition) is 0. The molecule has 0 fully saturated rings. The van der Waals surface area contributed by atoms with Gasteiger partial charge in [0.1, 0.15) is 0 Å². The molecule has 34 heavy (non-hydrogen) atoms. The average molecular weight is 467 g/mol. The van der Waals surface area contributed by atoms with E-state index in [1.54, 1.807) is 0 Å². The van der Waals surface area contributed by atoms with Crippen LogP contribution in [0.15, 0.2) is 73.4 Å². The van der Waals surface area contributed by atoms with E-state index in [9.17, 15) is 0 Å². The normalized spacial score (nSPS) is 17.9. The third-order valence-corrected chi connectivity index (χ3v) is 8.32. The highest BCUT2D eigenvalue weighted by Gasteiger charge is 2.20. The van der Waals surface area contributed by atoms with Gasteiger partial charge in [0.05, 0.1) is 0 Å². The van der Waals surface area contributed by atoms with Crippen molar-refractivity contribution in [1.82, 2.24) is 0 Å². The Balaban J connectivity index is 4.58. The van der Waals surface area contributed by atoms with Crippen LogP contribution in [-0.4, -0.2) is 0 Å². The van der Waals surface area contributed by atoms with Crippen LogP contribution < -0.4 is 0 Å². The molecule has 194 valence electrons. The first kappa shape index (κ1) is 32.4. The molecule has 0 spiro atoms. The summed E-state index contributed by atoms with van der Waals surface area (Å²) >= 11 is 0. The van der Waals surface area contributed by atoms with Crippen molar-refractivity contribution in [2.75, 3.05) is 0 Å². The molecule has 0 aliphatic heterocycles. The largest absolute Gasteiger partial charge is 0.102 e. The van der Waals surface area contributed by atoms with E-state index in [1.165, 1.54) is 41.6 Å². The zero-order chi connectivity index (χ0) is 26.5. The van der Waals surface area contributed by atoms with Crippen LogP contribution in [0.3, 0.4) is 0 Å². The minimum absolute atomic E-state index is 0.0433. The van der Waals surface area contributed by atoms with Gasteiger partial charge in [0.2, 0.25) is 0 Å². The Kier molecular flexibility index (Phi) is 15.4. The molecule has 0 amide bonds. The second-order valence-corrected chi connectivity index (χ2v) is 11.9. The molecule has 0 bridgehead atoms. The lowest BCUT2D eigenvalue weighted by Crippen LogP contribution is -2.13. The first-order chi connectivity index (χ1) is 15.7. The minimum atomic E-state index is 0.0433. The Morgan fingerprint density at radius 1 is 0.676 bits per heavy atom. The van der Waals surface area contributed by atoms with Crippen molar-refractivity contribution in [2.45, 2.75) is 107 Å². The van der Waals surface area contributed by atoms with Gasteiger partial charge < -0.3 is 0 Å². The van der Waals surface area contributed by atoms with Crippen LogP contribution in [0.2, 0.25) is 0 Å². The standard InChI is InChI=1S/C34H58/c1-14-34(13,24-22-33(12)32(11)20-18-29(8)26(4)5)23-21-27(6)15-16-30(9)31(10)19-17-28(7)25(2)3/h14,21,23,27-30,33H,1-2,4,10-11,15-20,22,24H2,3,5-9,12-13H3/b23-21+/t27-,28+,29+,30+,33+,34+/m1/s1. The van der Waals surface area contributed by atoms with Gasteiger partial charge in [-0.3, -0.25) is 0 Å². The van der Waals surface area contributed by atoms with Gasteiger partial charge in [-0.15, -0.1) is 6.58 Å². The molecule has 0 rings (SSSR count). The lowest BCUT2D eigenvalue weighted by Gasteiger charge is -2.25. The molecule has 0 saturated carbocycles. The van der Waals surface area contributed by atoms with Crippen LogP contribution in [0.1, 0.15) is 107 Å². The fourth-order valence-electron chi connectivity index (χ4n) is 3.97. The summed E-state index contributed by atoms with van der Waals surface area (Å²) in [6.45, 7) is 39.2. The highest BCUT2D eigenvalue weighted by molar-refractivity contribution is 5.10. The number of allylic oxidation sites excluding steroid dienone is 7. The van der Waals surface area contributed by atoms with Gasteiger partial charge in [0, 0.05) is 5.41 Å². The molecule has 0 aliphatic rings. The monoisotopic (exact) mass is 466 g/mol. The Labute approximate surface area is 215 Å². The average Bonchev–Trinajstić information content (AvgIpc) is 2.80. The van der Waals surface area contributed by atoms with Crippen molar-refractivity contribution >= 4 is 0 Å². The Morgan fingerprint density at radius 2 is 1.12 bits per heavy atom. The van der Waals surface area contributed by atoms with E-state index in [1.807, 2.05) is 0 Å². The molecule has 0 heterocycles. The van der Waals surface area contributed by atoms with Crippen molar-refractivity contribution in [3.63, 3.8) is 0 Å². The summed E-state index contributed by atoms with van der Waals surface area (Å²) in [5, 5.41) is 0. The van der Waals surface area contributed by atoms with Gasteiger partial charge in [0.25, 0.3) is 0 Å². The van der Waals surface area contributed by atoms with Gasteiger partial charge >= 0.3 is 0 Å². The van der Waals surface area contributed by atoms with Crippen LogP contribution >= 0.6 is 0 Å². The lowest BCUT2D eigenvalue weighted by molar-refractivity contribution is 0.423. The SMILES string of the molecule is C=C[C@@](C)(/C=C/[C@H](C)CC[C@H](C)C(=C)CC[C@H](C)C(=C)C)CC[C@H](C)C(=C)CC[C@H](C)C(=C)C. The van der Waals surface area contributed by atoms with Crippen LogP contribution in [0, 0.1) is 35.0 Å². The molecule has 6 atom stereocenters. The summed E-state index contributed by atoms with van der Waals surface area (Å²) in [5.41, 5.74) is 5.37. The maximum Gasteiger partial charge on any atom is 0.00303 e. The zero-order valence-electron chi connectivity index (χ0n) is 24.3. The first-order valence-electron chi connectivity index (χ1n) is 13.7. The van der Waals surface area contributed by atoms with E-state index in [2.05, 4.69) is 107 Å². The van der Waals surface area contributed by atoms with Crippen LogP contribution in [-0.2, 0) is 0 Å². The molecule has 0 nitrogen and oxygen atoms in total. The molecule has 0 N–H and O–H groups in total. The predicted molar refractivity (Wildman–Crippen MR) is 158 cm³/mol. The van der Waals surface area contributed by atoms with E-state index in [-0.39, 0.29) is 5.41 Å². The molecule has 0 aliphatic carbocycles. The van der Waals surface area contributed by atoms with Crippen molar-refractivity contribution in [3.05, 3.63) is 73.4 Å².